The first-order chi connectivity index (χ1) is 8.31. The maximum Gasteiger partial charge on any atom is 0.208 e. The number of aryl methyl sites for hydroxylation is 1. The lowest BCUT2D eigenvalue weighted by Crippen LogP contribution is -2.13. The minimum Gasteiger partial charge on any atom is -0.439 e. The van der Waals surface area contributed by atoms with Gasteiger partial charge in [0.25, 0.3) is 0 Å². The Balaban J connectivity index is 2.10. The Hall–Kier alpha value is -1.61. The molecule has 1 aromatic carbocycles. The normalized spacial score (nSPS) is 10.7. The zero-order valence-electron chi connectivity index (χ0n) is 10.4. The molecular formula is C14H18N2O. The zero-order valence-corrected chi connectivity index (χ0v) is 10.4. The Kier molecular flexibility index (Phi) is 3.94. The molecule has 0 aliphatic heterocycles. The van der Waals surface area contributed by atoms with Crippen molar-refractivity contribution < 1.29 is 4.42 Å². The minimum absolute atomic E-state index is 0.694. The third kappa shape index (κ3) is 2.94. The number of nitrogens with one attached hydrogen (secondary N) is 1. The van der Waals surface area contributed by atoms with Crippen LogP contribution in [0.25, 0.3) is 11.3 Å². The molecule has 90 valence electrons. The molecule has 3 heteroatoms. The SMILES string of the molecule is CCCNCc1ncc(-c2ccccc2C)o1. The van der Waals surface area contributed by atoms with Crippen LogP contribution < -0.4 is 5.32 Å². The van der Waals surface area contributed by atoms with Gasteiger partial charge in [0.15, 0.2) is 5.76 Å². The fourth-order valence-electron chi connectivity index (χ4n) is 1.74. The van der Waals surface area contributed by atoms with Gasteiger partial charge in [-0.1, -0.05) is 31.2 Å². The highest BCUT2D eigenvalue weighted by atomic mass is 16.4. The van der Waals surface area contributed by atoms with Crippen LogP contribution in [0.15, 0.2) is 34.9 Å². The Morgan fingerprint density at radius 3 is 2.88 bits per heavy atom. The monoisotopic (exact) mass is 230 g/mol. The van der Waals surface area contributed by atoms with Crippen molar-refractivity contribution in [1.82, 2.24) is 10.3 Å². The summed E-state index contributed by atoms with van der Waals surface area (Å²) in [6.07, 6.45) is 2.91. The van der Waals surface area contributed by atoms with Crippen molar-refractivity contribution in [3.8, 4) is 11.3 Å². The summed E-state index contributed by atoms with van der Waals surface area (Å²) in [6, 6.07) is 8.17. The van der Waals surface area contributed by atoms with Crippen molar-refractivity contribution >= 4 is 0 Å². The maximum absolute atomic E-state index is 5.72. The lowest BCUT2D eigenvalue weighted by atomic mass is 10.1. The summed E-state index contributed by atoms with van der Waals surface area (Å²) in [5.41, 5.74) is 2.32. The largest absolute Gasteiger partial charge is 0.439 e. The number of hydrogen-bond donors (Lipinski definition) is 1. The van der Waals surface area contributed by atoms with E-state index in [4.69, 9.17) is 4.42 Å². The maximum atomic E-state index is 5.72. The van der Waals surface area contributed by atoms with Gasteiger partial charge in [0.05, 0.1) is 12.7 Å². The first-order valence-electron chi connectivity index (χ1n) is 6.02. The second-order valence-electron chi connectivity index (χ2n) is 4.11. The van der Waals surface area contributed by atoms with Gasteiger partial charge in [-0.05, 0) is 25.5 Å². The Bertz CT molecular complexity index is 477. The molecule has 0 unspecified atom stereocenters. The third-order valence-electron chi connectivity index (χ3n) is 2.67. The average molecular weight is 230 g/mol. The third-order valence-corrected chi connectivity index (χ3v) is 2.67. The van der Waals surface area contributed by atoms with Gasteiger partial charge < -0.3 is 9.73 Å². The Morgan fingerprint density at radius 1 is 1.29 bits per heavy atom. The van der Waals surface area contributed by atoms with E-state index in [0.29, 0.717) is 6.54 Å². The number of aromatic nitrogens is 1. The predicted octanol–water partition coefficient (Wildman–Crippen LogP) is 3.15. The van der Waals surface area contributed by atoms with Crippen LogP contribution in [0.3, 0.4) is 0 Å². The van der Waals surface area contributed by atoms with Crippen LogP contribution >= 0.6 is 0 Å². The molecule has 0 atom stereocenters. The van der Waals surface area contributed by atoms with Crippen molar-refractivity contribution in [1.29, 1.82) is 0 Å². The molecule has 0 saturated carbocycles. The van der Waals surface area contributed by atoms with E-state index in [0.717, 1.165) is 30.2 Å². The van der Waals surface area contributed by atoms with E-state index in [-0.39, 0.29) is 0 Å². The van der Waals surface area contributed by atoms with Crippen molar-refractivity contribution in [3.63, 3.8) is 0 Å². The molecule has 1 heterocycles. The summed E-state index contributed by atoms with van der Waals surface area (Å²) in [5, 5.41) is 3.27. The van der Waals surface area contributed by atoms with E-state index in [2.05, 4.69) is 36.3 Å². The number of nitrogens with zero attached hydrogens (tertiary/aromatic N) is 1. The van der Waals surface area contributed by atoms with E-state index in [1.807, 2.05) is 12.1 Å². The topological polar surface area (TPSA) is 38.1 Å². The van der Waals surface area contributed by atoms with Crippen molar-refractivity contribution in [2.45, 2.75) is 26.8 Å². The first kappa shape index (κ1) is 11.9. The molecule has 17 heavy (non-hydrogen) atoms. The van der Waals surface area contributed by atoms with Crippen LogP contribution in [0, 0.1) is 6.92 Å². The predicted molar refractivity (Wildman–Crippen MR) is 68.7 cm³/mol. The molecule has 0 saturated heterocycles. The lowest BCUT2D eigenvalue weighted by molar-refractivity contribution is 0.477. The van der Waals surface area contributed by atoms with E-state index < -0.39 is 0 Å². The molecule has 3 nitrogen and oxygen atoms in total. The highest BCUT2D eigenvalue weighted by Gasteiger charge is 2.07. The molecule has 2 aromatic rings. The summed E-state index contributed by atoms with van der Waals surface area (Å²) in [6.45, 7) is 5.90. The summed E-state index contributed by atoms with van der Waals surface area (Å²) in [4.78, 5) is 4.28. The van der Waals surface area contributed by atoms with Gasteiger partial charge in [-0.25, -0.2) is 4.98 Å². The summed E-state index contributed by atoms with van der Waals surface area (Å²) >= 11 is 0. The van der Waals surface area contributed by atoms with E-state index >= 15 is 0 Å². The summed E-state index contributed by atoms with van der Waals surface area (Å²) in [7, 11) is 0. The fraction of sp³-hybridized carbons (Fsp3) is 0.357. The van der Waals surface area contributed by atoms with E-state index in [9.17, 15) is 0 Å². The fourth-order valence-corrected chi connectivity index (χ4v) is 1.74. The average Bonchev–Trinajstić information content (AvgIpc) is 2.79. The van der Waals surface area contributed by atoms with Gasteiger partial charge in [0, 0.05) is 5.56 Å². The van der Waals surface area contributed by atoms with Gasteiger partial charge in [-0.2, -0.15) is 0 Å². The van der Waals surface area contributed by atoms with Crippen molar-refractivity contribution in [2.24, 2.45) is 0 Å². The first-order valence-corrected chi connectivity index (χ1v) is 6.02. The van der Waals surface area contributed by atoms with Crippen LogP contribution in [-0.2, 0) is 6.54 Å². The molecule has 0 spiro atoms. The van der Waals surface area contributed by atoms with Gasteiger partial charge in [-0.3, -0.25) is 0 Å². The summed E-state index contributed by atoms with van der Waals surface area (Å²) in [5.74, 6) is 1.59. The second-order valence-corrected chi connectivity index (χ2v) is 4.11. The van der Waals surface area contributed by atoms with Crippen LogP contribution in [0.2, 0.25) is 0 Å². The van der Waals surface area contributed by atoms with Crippen LogP contribution in [0.1, 0.15) is 24.8 Å². The standard InChI is InChI=1S/C14H18N2O/c1-3-8-15-10-14-16-9-13(17-14)12-7-5-4-6-11(12)2/h4-7,9,15H,3,8,10H2,1-2H3. The number of hydrogen-bond acceptors (Lipinski definition) is 3. The van der Waals surface area contributed by atoms with Gasteiger partial charge in [0.2, 0.25) is 5.89 Å². The quantitative estimate of drug-likeness (QED) is 0.802. The van der Waals surface area contributed by atoms with E-state index in [1.54, 1.807) is 6.20 Å². The molecule has 0 fully saturated rings. The van der Waals surface area contributed by atoms with E-state index in [1.165, 1.54) is 5.56 Å². The van der Waals surface area contributed by atoms with Gasteiger partial charge in [0.1, 0.15) is 0 Å². The highest BCUT2D eigenvalue weighted by Crippen LogP contribution is 2.23. The molecule has 2 rings (SSSR count). The molecule has 1 aromatic heterocycles. The lowest BCUT2D eigenvalue weighted by Gasteiger charge is -2.01. The van der Waals surface area contributed by atoms with Crippen molar-refractivity contribution in [2.75, 3.05) is 6.54 Å². The van der Waals surface area contributed by atoms with Crippen LogP contribution in [0.5, 0.6) is 0 Å². The molecule has 0 aliphatic carbocycles. The van der Waals surface area contributed by atoms with Crippen molar-refractivity contribution in [3.05, 3.63) is 41.9 Å². The highest BCUT2D eigenvalue weighted by molar-refractivity contribution is 5.60. The van der Waals surface area contributed by atoms with Gasteiger partial charge >= 0.3 is 0 Å². The molecule has 0 bridgehead atoms. The Labute approximate surface area is 102 Å². The Morgan fingerprint density at radius 2 is 2.12 bits per heavy atom. The summed E-state index contributed by atoms with van der Waals surface area (Å²) < 4.78 is 5.72. The number of rotatable bonds is 5. The smallest absolute Gasteiger partial charge is 0.208 e. The second kappa shape index (κ2) is 5.64. The zero-order chi connectivity index (χ0) is 12.1. The number of benzene rings is 1. The van der Waals surface area contributed by atoms with Gasteiger partial charge in [-0.15, -0.1) is 0 Å². The molecule has 0 amide bonds. The van der Waals surface area contributed by atoms with Crippen LogP contribution in [0.4, 0.5) is 0 Å². The minimum atomic E-state index is 0.694. The van der Waals surface area contributed by atoms with Crippen LogP contribution in [-0.4, -0.2) is 11.5 Å². The molecule has 0 aliphatic rings. The molecular weight excluding hydrogens is 212 g/mol. The molecule has 0 radical (unpaired) electrons. The number of oxazole rings is 1. The molecule has 1 N–H and O–H groups in total.